The van der Waals surface area contributed by atoms with Gasteiger partial charge in [-0.05, 0) is 56.1 Å². The van der Waals surface area contributed by atoms with Crippen LogP contribution in [0.1, 0.15) is 147 Å². The van der Waals surface area contributed by atoms with E-state index in [0.29, 0.717) is 0 Å². The molecule has 3 aliphatic rings. The minimum absolute atomic E-state index is 0. The molecular weight excluding hydrogens is 883 g/mol. The molecule has 0 saturated heterocycles. The molecular formula is C54H60IrN3. The van der Waals surface area contributed by atoms with Gasteiger partial charge >= 0.3 is 20.1 Å². The Balaban J connectivity index is 0.000000145. The van der Waals surface area contributed by atoms with E-state index in [9.17, 15) is 0 Å². The van der Waals surface area contributed by atoms with Gasteiger partial charge in [0, 0.05) is 18.6 Å². The maximum absolute atomic E-state index is 4.42. The van der Waals surface area contributed by atoms with Crippen molar-refractivity contribution < 1.29 is 20.1 Å². The van der Waals surface area contributed by atoms with Crippen LogP contribution in [0.15, 0.2) is 110 Å². The van der Waals surface area contributed by atoms with Gasteiger partial charge in [-0.2, -0.15) is 0 Å². The second-order valence-electron chi connectivity index (χ2n) is 16.8. The number of hydrogen-bond donors (Lipinski definition) is 0. The summed E-state index contributed by atoms with van der Waals surface area (Å²) in [5.74, 6) is 2.26. The van der Waals surface area contributed by atoms with Crippen LogP contribution in [0, 0.1) is 39.0 Å². The van der Waals surface area contributed by atoms with Crippen molar-refractivity contribution in [1.29, 1.82) is 0 Å². The Morgan fingerprint density at radius 2 is 0.655 bits per heavy atom. The van der Waals surface area contributed by atoms with Crippen LogP contribution in [0.25, 0.3) is 33.8 Å². The zero-order chi connectivity index (χ0) is 39.2. The van der Waals surface area contributed by atoms with Gasteiger partial charge in [-0.3, -0.25) is 0 Å². The smallest absolute Gasteiger partial charge is 0.305 e. The van der Waals surface area contributed by atoms with E-state index in [4.69, 9.17) is 0 Å². The summed E-state index contributed by atoms with van der Waals surface area (Å²) >= 11 is 0. The minimum atomic E-state index is 0. The zero-order valence-corrected chi connectivity index (χ0v) is 37.3. The summed E-state index contributed by atoms with van der Waals surface area (Å²) in [7, 11) is 0. The van der Waals surface area contributed by atoms with Gasteiger partial charge in [0.2, 0.25) is 0 Å². The van der Waals surface area contributed by atoms with E-state index in [-0.39, 0.29) is 20.1 Å². The van der Waals surface area contributed by atoms with Gasteiger partial charge in [0.1, 0.15) is 0 Å². The Labute approximate surface area is 363 Å². The predicted molar refractivity (Wildman–Crippen MR) is 237 cm³/mol. The number of benzene rings is 3. The van der Waals surface area contributed by atoms with Gasteiger partial charge in [-0.1, -0.05) is 149 Å². The second kappa shape index (κ2) is 22.2. The summed E-state index contributed by atoms with van der Waals surface area (Å²) in [5.41, 5.74) is 14.5. The number of hydrogen-bond acceptors (Lipinski definition) is 3. The summed E-state index contributed by atoms with van der Waals surface area (Å²) in [4.78, 5) is 13.3. The molecule has 58 heavy (non-hydrogen) atoms. The molecule has 0 amide bonds. The average molecular weight is 943 g/mol. The molecule has 3 aromatic carbocycles. The predicted octanol–water partition coefficient (Wildman–Crippen LogP) is 14.7. The summed E-state index contributed by atoms with van der Waals surface area (Å²) < 4.78 is 0. The van der Waals surface area contributed by atoms with Crippen molar-refractivity contribution in [2.24, 2.45) is 0 Å². The third kappa shape index (κ3) is 12.4. The number of aromatic nitrogens is 3. The molecule has 9 rings (SSSR count). The van der Waals surface area contributed by atoms with Crippen LogP contribution in [0.3, 0.4) is 0 Å². The van der Waals surface area contributed by atoms with Crippen LogP contribution in [-0.2, 0) is 20.1 Å². The minimum Gasteiger partial charge on any atom is -0.305 e. The topological polar surface area (TPSA) is 38.7 Å². The summed E-state index contributed by atoms with van der Waals surface area (Å²) in [5, 5.41) is 0. The van der Waals surface area contributed by atoms with E-state index in [1.807, 2.05) is 36.8 Å². The van der Waals surface area contributed by atoms with Gasteiger partial charge in [-0.15, -0.1) is 106 Å². The molecule has 4 heteroatoms. The molecule has 0 aliphatic heterocycles. The van der Waals surface area contributed by atoms with E-state index in [1.54, 1.807) is 0 Å². The number of rotatable bonds is 6. The molecule has 3 saturated carbocycles. The first kappa shape index (κ1) is 43.3. The van der Waals surface area contributed by atoms with Gasteiger partial charge in [-0.25, -0.2) is 0 Å². The molecule has 3 heterocycles. The molecule has 0 radical (unpaired) electrons. The normalized spacial score (nSPS) is 16.2. The largest absolute Gasteiger partial charge is 3.00 e. The van der Waals surface area contributed by atoms with Crippen LogP contribution in [0.2, 0.25) is 0 Å². The van der Waals surface area contributed by atoms with Crippen molar-refractivity contribution in [3.63, 3.8) is 0 Å². The Hall–Kier alpha value is -4.24. The number of aryl methyl sites for hydroxylation is 3. The summed E-state index contributed by atoms with van der Waals surface area (Å²) in [6.07, 6.45) is 26.2. The second-order valence-corrected chi connectivity index (χ2v) is 16.8. The summed E-state index contributed by atoms with van der Waals surface area (Å²) in [6, 6.07) is 42.5. The molecule has 6 aromatic rings. The van der Waals surface area contributed by atoms with Gasteiger partial charge in [0.15, 0.2) is 0 Å². The first-order valence-corrected chi connectivity index (χ1v) is 21.8. The molecule has 0 N–H and O–H groups in total. The van der Waals surface area contributed by atoms with Crippen molar-refractivity contribution in [3.8, 4) is 33.8 Å². The number of pyridine rings is 3. The van der Waals surface area contributed by atoms with E-state index in [1.165, 1.54) is 130 Å². The SMILES string of the molecule is Cc1ccnc(-c2[c-]cc(C3CCCCC3)cc2)c1.Cc1ccnc(-c2[c-]cc(C3CCCCC3)cc2)c1.Cc1ccnc(-c2[c-]cc(C3CCCCC3)cc2)c1.[Ir+3]. The van der Waals surface area contributed by atoms with Crippen molar-refractivity contribution in [1.82, 2.24) is 15.0 Å². The third-order valence-corrected chi connectivity index (χ3v) is 12.3. The monoisotopic (exact) mass is 943 g/mol. The first-order valence-electron chi connectivity index (χ1n) is 21.8. The molecule has 0 spiro atoms. The molecule has 3 aromatic heterocycles. The molecule has 0 bridgehead atoms. The number of nitrogens with zero attached hydrogens (tertiary/aromatic N) is 3. The fourth-order valence-electron chi connectivity index (χ4n) is 8.91. The van der Waals surface area contributed by atoms with Gasteiger partial charge in [0.05, 0.1) is 0 Å². The average Bonchev–Trinajstić information content (AvgIpc) is 3.28. The Kier molecular flexibility index (Phi) is 16.6. The molecule has 300 valence electrons. The molecule has 0 atom stereocenters. The fourth-order valence-corrected chi connectivity index (χ4v) is 8.91. The standard InChI is InChI=1S/3C18H20N.Ir/c3*1-14-11-12-19-18(13-14)17-9-7-16(8-10-17)15-5-3-2-4-6-15;/h3*7-9,11-13,15H,2-6H2,1H3;/q3*-1;+3. The van der Waals surface area contributed by atoms with Crippen molar-refractivity contribution in [2.45, 2.75) is 135 Å². The van der Waals surface area contributed by atoms with Crippen molar-refractivity contribution >= 4 is 0 Å². The van der Waals surface area contributed by atoms with E-state index >= 15 is 0 Å². The van der Waals surface area contributed by atoms with Gasteiger partial charge < -0.3 is 15.0 Å². The van der Waals surface area contributed by atoms with Crippen LogP contribution in [0.5, 0.6) is 0 Å². The van der Waals surface area contributed by atoms with E-state index in [2.05, 4.69) is 127 Å². The molecule has 3 aliphatic carbocycles. The summed E-state index contributed by atoms with van der Waals surface area (Å²) in [6.45, 7) is 6.30. The molecule has 3 fully saturated rings. The van der Waals surface area contributed by atoms with Crippen LogP contribution < -0.4 is 0 Å². The van der Waals surface area contributed by atoms with Crippen LogP contribution in [-0.4, -0.2) is 15.0 Å². The van der Waals surface area contributed by atoms with Crippen LogP contribution in [0.4, 0.5) is 0 Å². The fraction of sp³-hybridized carbons (Fsp3) is 0.389. The Morgan fingerprint density at radius 3 is 0.879 bits per heavy atom. The Bertz CT molecular complexity index is 1860. The molecule has 3 nitrogen and oxygen atoms in total. The Morgan fingerprint density at radius 1 is 0.379 bits per heavy atom. The first-order chi connectivity index (χ1) is 28.0. The third-order valence-electron chi connectivity index (χ3n) is 12.3. The van der Waals surface area contributed by atoms with Crippen LogP contribution >= 0.6 is 0 Å². The van der Waals surface area contributed by atoms with Gasteiger partial charge in [0.25, 0.3) is 0 Å². The maximum atomic E-state index is 4.42. The van der Waals surface area contributed by atoms with E-state index < -0.39 is 0 Å². The quantitative estimate of drug-likeness (QED) is 0.156. The zero-order valence-electron chi connectivity index (χ0n) is 34.9. The van der Waals surface area contributed by atoms with Crippen molar-refractivity contribution in [2.75, 3.05) is 0 Å². The maximum Gasteiger partial charge on any atom is 3.00 e. The van der Waals surface area contributed by atoms with E-state index in [0.717, 1.165) is 51.5 Å². The molecule has 0 unspecified atom stereocenters. The van der Waals surface area contributed by atoms with Crippen molar-refractivity contribution in [3.05, 3.63) is 161 Å².